The lowest BCUT2D eigenvalue weighted by Crippen LogP contribution is -2.38. The summed E-state index contributed by atoms with van der Waals surface area (Å²) in [5.74, 6) is 1.34. The zero-order valence-corrected chi connectivity index (χ0v) is 20.2. The van der Waals surface area contributed by atoms with E-state index in [1.165, 1.54) is 5.56 Å². The Morgan fingerprint density at radius 3 is 2.29 bits per heavy atom. The third-order valence-electron chi connectivity index (χ3n) is 6.87. The monoisotopic (exact) mass is 459 g/mol. The van der Waals surface area contributed by atoms with Crippen LogP contribution in [0.2, 0.25) is 0 Å². The second-order valence-electron chi connectivity index (χ2n) is 9.00. The number of piperidine rings is 1. The molecule has 1 N–H and O–H groups in total. The molecule has 0 saturated carbocycles. The van der Waals surface area contributed by atoms with Gasteiger partial charge in [-0.3, -0.25) is 4.79 Å². The number of phenols is 1. The van der Waals surface area contributed by atoms with Gasteiger partial charge in [-0.2, -0.15) is 0 Å². The normalized spacial score (nSPS) is 15.1. The van der Waals surface area contributed by atoms with E-state index in [2.05, 4.69) is 24.3 Å². The van der Waals surface area contributed by atoms with Crippen LogP contribution >= 0.6 is 0 Å². The van der Waals surface area contributed by atoms with E-state index >= 15 is 0 Å². The van der Waals surface area contributed by atoms with E-state index in [4.69, 9.17) is 9.47 Å². The fraction of sp³-hybridized carbons (Fsp3) is 0.345. The van der Waals surface area contributed by atoms with Crippen LogP contribution in [0.15, 0.2) is 66.7 Å². The topological polar surface area (TPSA) is 59.0 Å². The summed E-state index contributed by atoms with van der Waals surface area (Å²) in [6, 6.07) is 22.0. The van der Waals surface area contributed by atoms with Gasteiger partial charge in [-0.1, -0.05) is 60.2 Å². The number of hydrogen-bond acceptors (Lipinski definition) is 4. The maximum atomic E-state index is 13.5. The number of carbonyl (C=O) groups is 1. The summed E-state index contributed by atoms with van der Waals surface area (Å²) in [5, 5.41) is 10.9. The summed E-state index contributed by atoms with van der Waals surface area (Å²) < 4.78 is 10.9. The second-order valence-corrected chi connectivity index (χ2v) is 9.00. The van der Waals surface area contributed by atoms with E-state index in [9.17, 15) is 9.90 Å². The Hall–Kier alpha value is -3.47. The highest BCUT2D eigenvalue weighted by Crippen LogP contribution is 2.43. The molecule has 1 saturated heterocycles. The number of methoxy groups -OCH3 is 2. The third-order valence-corrected chi connectivity index (χ3v) is 6.87. The Labute approximate surface area is 201 Å². The highest BCUT2D eigenvalue weighted by Gasteiger charge is 2.30. The second kappa shape index (κ2) is 10.6. The van der Waals surface area contributed by atoms with Crippen molar-refractivity contribution in [3.05, 3.63) is 89.0 Å². The van der Waals surface area contributed by atoms with E-state index in [1.54, 1.807) is 26.4 Å². The summed E-state index contributed by atoms with van der Waals surface area (Å²) in [4.78, 5) is 15.4. The first-order valence-corrected chi connectivity index (χ1v) is 11.8. The van der Waals surface area contributed by atoms with Crippen LogP contribution in [-0.2, 0) is 4.79 Å². The van der Waals surface area contributed by atoms with Crippen LogP contribution in [0.25, 0.3) is 0 Å². The van der Waals surface area contributed by atoms with Gasteiger partial charge in [0.25, 0.3) is 0 Å². The first-order chi connectivity index (χ1) is 16.5. The van der Waals surface area contributed by atoms with Gasteiger partial charge in [0, 0.05) is 43.1 Å². The van der Waals surface area contributed by atoms with Crippen molar-refractivity contribution in [2.24, 2.45) is 0 Å². The van der Waals surface area contributed by atoms with Gasteiger partial charge in [-0.05, 0) is 36.8 Å². The fourth-order valence-corrected chi connectivity index (χ4v) is 4.90. The van der Waals surface area contributed by atoms with Crippen LogP contribution < -0.4 is 9.47 Å². The number of likely N-dealkylation sites (tertiary alicyclic amines) is 1. The average Bonchev–Trinajstić information content (AvgIpc) is 2.88. The van der Waals surface area contributed by atoms with Crippen LogP contribution in [0.4, 0.5) is 0 Å². The molecule has 1 heterocycles. The smallest absolute Gasteiger partial charge is 0.223 e. The number of amides is 1. The third kappa shape index (κ3) is 5.19. The number of hydrogen-bond donors (Lipinski definition) is 1. The Morgan fingerprint density at radius 1 is 1.00 bits per heavy atom. The van der Waals surface area contributed by atoms with Gasteiger partial charge in [-0.15, -0.1) is 0 Å². The van der Waals surface area contributed by atoms with Gasteiger partial charge < -0.3 is 19.5 Å². The molecule has 1 fully saturated rings. The van der Waals surface area contributed by atoms with E-state index in [1.807, 2.05) is 42.2 Å². The molecule has 0 spiro atoms. The van der Waals surface area contributed by atoms with Crippen molar-refractivity contribution < 1.29 is 19.4 Å². The predicted octanol–water partition coefficient (Wildman–Crippen LogP) is 5.65. The van der Waals surface area contributed by atoms with Crippen molar-refractivity contribution in [2.75, 3.05) is 27.3 Å². The lowest BCUT2D eigenvalue weighted by molar-refractivity contribution is -0.132. The maximum Gasteiger partial charge on any atom is 0.223 e. The molecule has 0 aromatic heterocycles. The quantitative estimate of drug-likeness (QED) is 0.496. The molecule has 4 rings (SSSR count). The Morgan fingerprint density at radius 2 is 1.68 bits per heavy atom. The Balaban J connectivity index is 1.58. The lowest BCUT2D eigenvalue weighted by Gasteiger charge is -2.33. The van der Waals surface area contributed by atoms with Crippen LogP contribution in [0.1, 0.15) is 53.4 Å². The maximum absolute atomic E-state index is 13.5. The summed E-state index contributed by atoms with van der Waals surface area (Å²) >= 11 is 0. The molecular formula is C29H33NO4. The minimum atomic E-state index is -0.333. The number of ether oxygens (including phenoxy) is 2. The number of benzene rings is 3. The van der Waals surface area contributed by atoms with E-state index in [0.29, 0.717) is 23.0 Å². The van der Waals surface area contributed by atoms with Crippen molar-refractivity contribution >= 4 is 5.91 Å². The molecule has 1 unspecified atom stereocenters. The zero-order chi connectivity index (χ0) is 24.1. The molecule has 1 amide bonds. The Kier molecular flexibility index (Phi) is 7.41. The van der Waals surface area contributed by atoms with Gasteiger partial charge >= 0.3 is 0 Å². The minimum Gasteiger partial charge on any atom is -0.507 e. The molecular weight excluding hydrogens is 426 g/mol. The van der Waals surface area contributed by atoms with Crippen LogP contribution in [0.5, 0.6) is 17.2 Å². The number of carbonyl (C=O) groups excluding carboxylic acids is 1. The summed E-state index contributed by atoms with van der Waals surface area (Å²) in [6.07, 6.45) is 2.18. The molecule has 178 valence electrons. The van der Waals surface area contributed by atoms with E-state index in [-0.39, 0.29) is 24.0 Å². The van der Waals surface area contributed by atoms with E-state index in [0.717, 1.165) is 37.1 Å². The average molecular weight is 460 g/mol. The van der Waals surface area contributed by atoms with Gasteiger partial charge in [0.2, 0.25) is 5.91 Å². The van der Waals surface area contributed by atoms with Crippen molar-refractivity contribution in [3.8, 4) is 17.2 Å². The zero-order valence-electron chi connectivity index (χ0n) is 20.2. The van der Waals surface area contributed by atoms with Crippen molar-refractivity contribution in [1.82, 2.24) is 4.90 Å². The SMILES string of the molecule is COc1cc(O)c(C(CC(=O)N2CCC(c3ccccc3)CC2)c2ccc(C)cc2)c(OC)c1. The Bertz CT molecular complexity index is 1100. The van der Waals surface area contributed by atoms with Gasteiger partial charge in [0.1, 0.15) is 17.2 Å². The molecule has 5 nitrogen and oxygen atoms in total. The van der Waals surface area contributed by atoms with Crippen molar-refractivity contribution in [2.45, 2.75) is 38.0 Å². The van der Waals surface area contributed by atoms with Gasteiger partial charge in [-0.25, -0.2) is 0 Å². The molecule has 1 atom stereocenters. The van der Waals surface area contributed by atoms with Crippen LogP contribution in [0.3, 0.4) is 0 Å². The fourth-order valence-electron chi connectivity index (χ4n) is 4.90. The van der Waals surface area contributed by atoms with Crippen molar-refractivity contribution in [1.29, 1.82) is 0 Å². The molecule has 5 heteroatoms. The predicted molar refractivity (Wildman–Crippen MR) is 134 cm³/mol. The highest BCUT2D eigenvalue weighted by atomic mass is 16.5. The molecule has 1 aliphatic rings. The van der Waals surface area contributed by atoms with E-state index < -0.39 is 0 Å². The number of aromatic hydroxyl groups is 1. The van der Waals surface area contributed by atoms with Crippen LogP contribution in [0, 0.1) is 6.92 Å². The van der Waals surface area contributed by atoms with Crippen molar-refractivity contribution in [3.63, 3.8) is 0 Å². The lowest BCUT2D eigenvalue weighted by atomic mass is 9.85. The summed E-state index contributed by atoms with van der Waals surface area (Å²) in [7, 11) is 3.12. The molecule has 0 aliphatic carbocycles. The molecule has 3 aromatic carbocycles. The standard InChI is InChI=1S/C29H33NO4/c1-20-9-11-23(12-10-20)25(29-26(31)17-24(33-2)18-27(29)34-3)19-28(32)30-15-13-22(14-16-30)21-7-5-4-6-8-21/h4-12,17-18,22,25,31H,13-16,19H2,1-3H3. The first-order valence-electron chi connectivity index (χ1n) is 11.8. The first kappa shape index (κ1) is 23.7. The van der Waals surface area contributed by atoms with Gasteiger partial charge in [0.15, 0.2) is 0 Å². The van der Waals surface area contributed by atoms with Crippen LogP contribution in [-0.4, -0.2) is 43.2 Å². The largest absolute Gasteiger partial charge is 0.507 e. The number of aryl methyl sites for hydroxylation is 1. The molecule has 3 aromatic rings. The number of nitrogens with zero attached hydrogens (tertiary/aromatic N) is 1. The number of rotatable bonds is 7. The molecule has 34 heavy (non-hydrogen) atoms. The molecule has 1 aliphatic heterocycles. The van der Waals surface area contributed by atoms with Gasteiger partial charge in [0.05, 0.1) is 14.2 Å². The summed E-state index contributed by atoms with van der Waals surface area (Å²) in [6.45, 7) is 3.52. The minimum absolute atomic E-state index is 0.0670. The highest BCUT2D eigenvalue weighted by molar-refractivity contribution is 5.78. The summed E-state index contributed by atoms with van der Waals surface area (Å²) in [5.41, 5.74) is 4.07. The number of phenolic OH excluding ortho intramolecular Hbond substituents is 1. The molecule has 0 radical (unpaired) electrons. The molecule has 0 bridgehead atoms.